The van der Waals surface area contributed by atoms with Crippen molar-refractivity contribution >= 4 is 21.8 Å². The normalized spacial score (nSPS) is 20.3. The van der Waals surface area contributed by atoms with Crippen LogP contribution in [-0.4, -0.2) is 29.8 Å². The second-order valence-corrected chi connectivity index (χ2v) is 7.29. The quantitative estimate of drug-likeness (QED) is 0.781. The molecule has 1 aromatic rings. The standard InChI is InChI=1S/C14H15NO4S/c16-13-11-8-4-5-9-12(11)14(17)15(13)20(18,19)10-6-2-1-3-7-10/h4-5,8-10H,1-3,6-7H2. The molecule has 0 atom stereocenters. The summed E-state index contributed by atoms with van der Waals surface area (Å²) in [6.45, 7) is 0. The van der Waals surface area contributed by atoms with Crippen molar-refractivity contribution in [3.05, 3.63) is 35.4 Å². The number of rotatable bonds is 2. The molecule has 0 saturated heterocycles. The van der Waals surface area contributed by atoms with Gasteiger partial charge in [-0.05, 0) is 25.0 Å². The molecule has 3 rings (SSSR count). The van der Waals surface area contributed by atoms with E-state index in [0.717, 1.165) is 19.3 Å². The maximum absolute atomic E-state index is 12.6. The number of sulfonamides is 1. The van der Waals surface area contributed by atoms with E-state index in [2.05, 4.69) is 0 Å². The minimum Gasteiger partial charge on any atom is -0.267 e. The number of imide groups is 1. The summed E-state index contributed by atoms with van der Waals surface area (Å²) in [5, 5.41) is -0.613. The molecule has 0 unspecified atom stereocenters. The highest BCUT2D eigenvalue weighted by Crippen LogP contribution is 2.31. The highest BCUT2D eigenvalue weighted by atomic mass is 32.2. The van der Waals surface area contributed by atoms with Crippen molar-refractivity contribution in [2.75, 3.05) is 0 Å². The molecule has 2 amide bonds. The fourth-order valence-electron chi connectivity index (χ4n) is 2.91. The van der Waals surface area contributed by atoms with Crippen LogP contribution < -0.4 is 0 Å². The Hall–Kier alpha value is -1.69. The van der Waals surface area contributed by atoms with E-state index < -0.39 is 27.1 Å². The molecule has 2 aliphatic rings. The van der Waals surface area contributed by atoms with E-state index in [1.165, 1.54) is 12.1 Å². The fourth-order valence-corrected chi connectivity index (χ4v) is 4.80. The van der Waals surface area contributed by atoms with Crippen molar-refractivity contribution in [2.45, 2.75) is 37.4 Å². The van der Waals surface area contributed by atoms with Crippen molar-refractivity contribution in [3.63, 3.8) is 0 Å². The molecule has 1 saturated carbocycles. The molecule has 1 aliphatic heterocycles. The Labute approximate surface area is 117 Å². The average molecular weight is 293 g/mol. The fraction of sp³-hybridized carbons (Fsp3) is 0.429. The van der Waals surface area contributed by atoms with Crippen LogP contribution in [0.5, 0.6) is 0 Å². The van der Waals surface area contributed by atoms with Crippen LogP contribution in [0.3, 0.4) is 0 Å². The lowest BCUT2D eigenvalue weighted by molar-refractivity contribution is 0.0763. The summed E-state index contributed by atoms with van der Waals surface area (Å²) < 4.78 is 25.6. The van der Waals surface area contributed by atoms with Crippen LogP contribution in [-0.2, 0) is 10.0 Å². The predicted octanol–water partition coefficient (Wildman–Crippen LogP) is 1.95. The van der Waals surface area contributed by atoms with Crippen LogP contribution in [0.15, 0.2) is 24.3 Å². The lowest BCUT2D eigenvalue weighted by Gasteiger charge is -2.25. The number of carbonyl (C=O) groups excluding carboxylic acids is 2. The minimum absolute atomic E-state index is 0.178. The zero-order chi connectivity index (χ0) is 14.3. The Morgan fingerprint density at radius 2 is 1.40 bits per heavy atom. The Kier molecular flexibility index (Phi) is 3.12. The Morgan fingerprint density at radius 1 is 0.900 bits per heavy atom. The molecule has 0 N–H and O–H groups in total. The molecule has 1 heterocycles. The lowest BCUT2D eigenvalue weighted by atomic mass is 10.0. The largest absolute Gasteiger partial charge is 0.275 e. The van der Waals surface area contributed by atoms with Crippen molar-refractivity contribution in [1.29, 1.82) is 0 Å². The van der Waals surface area contributed by atoms with Gasteiger partial charge in [0.15, 0.2) is 0 Å². The van der Waals surface area contributed by atoms with Gasteiger partial charge in [0, 0.05) is 0 Å². The van der Waals surface area contributed by atoms with E-state index >= 15 is 0 Å². The Bertz CT molecular complexity index is 639. The summed E-state index contributed by atoms with van der Waals surface area (Å²) in [6, 6.07) is 6.24. The van der Waals surface area contributed by atoms with Gasteiger partial charge in [0.25, 0.3) is 11.8 Å². The van der Waals surface area contributed by atoms with Gasteiger partial charge in [0.1, 0.15) is 0 Å². The number of benzene rings is 1. The van der Waals surface area contributed by atoms with E-state index in [1.807, 2.05) is 0 Å². The second-order valence-electron chi connectivity index (χ2n) is 5.23. The molecule has 0 aromatic heterocycles. The van der Waals surface area contributed by atoms with Gasteiger partial charge in [-0.3, -0.25) is 9.59 Å². The molecule has 0 bridgehead atoms. The first kappa shape index (κ1) is 13.3. The zero-order valence-electron chi connectivity index (χ0n) is 10.9. The highest BCUT2D eigenvalue weighted by Gasteiger charge is 2.46. The van der Waals surface area contributed by atoms with Crippen molar-refractivity contribution in [1.82, 2.24) is 4.31 Å². The molecule has 20 heavy (non-hydrogen) atoms. The summed E-state index contributed by atoms with van der Waals surface area (Å²) in [4.78, 5) is 24.4. The summed E-state index contributed by atoms with van der Waals surface area (Å²) >= 11 is 0. The third-order valence-electron chi connectivity index (χ3n) is 3.98. The van der Waals surface area contributed by atoms with E-state index in [-0.39, 0.29) is 11.1 Å². The highest BCUT2D eigenvalue weighted by molar-refractivity contribution is 7.90. The third kappa shape index (κ3) is 1.86. The number of hydrogen-bond donors (Lipinski definition) is 0. The van der Waals surface area contributed by atoms with Gasteiger partial charge in [0.2, 0.25) is 10.0 Å². The van der Waals surface area contributed by atoms with E-state index in [4.69, 9.17) is 0 Å². The number of carbonyl (C=O) groups is 2. The van der Waals surface area contributed by atoms with Crippen LogP contribution in [0.2, 0.25) is 0 Å². The first-order valence-electron chi connectivity index (χ1n) is 6.75. The van der Waals surface area contributed by atoms with Gasteiger partial charge in [-0.2, -0.15) is 4.31 Å². The first-order chi connectivity index (χ1) is 9.53. The molecule has 1 aromatic carbocycles. The first-order valence-corrected chi connectivity index (χ1v) is 8.25. The molecule has 0 radical (unpaired) electrons. The molecule has 6 heteroatoms. The van der Waals surface area contributed by atoms with Gasteiger partial charge in [-0.1, -0.05) is 31.4 Å². The van der Waals surface area contributed by atoms with Gasteiger partial charge in [-0.15, -0.1) is 0 Å². The maximum Gasteiger partial charge on any atom is 0.275 e. The van der Waals surface area contributed by atoms with Gasteiger partial charge in [0.05, 0.1) is 16.4 Å². The number of amides is 2. The molecule has 1 fully saturated rings. The zero-order valence-corrected chi connectivity index (χ0v) is 11.7. The van der Waals surface area contributed by atoms with Crippen molar-refractivity contribution in [3.8, 4) is 0 Å². The van der Waals surface area contributed by atoms with E-state index in [9.17, 15) is 18.0 Å². The van der Waals surface area contributed by atoms with Crippen LogP contribution in [0.1, 0.15) is 52.8 Å². The topological polar surface area (TPSA) is 71.5 Å². The summed E-state index contributed by atoms with van der Waals surface area (Å²) in [6.07, 6.45) is 3.71. The van der Waals surface area contributed by atoms with E-state index in [1.54, 1.807) is 12.1 Å². The Morgan fingerprint density at radius 3 is 1.90 bits per heavy atom. The van der Waals surface area contributed by atoms with Gasteiger partial charge < -0.3 is 0 Å². The lowest BCUT2D eigenvalue weighted by Crippen LogP contribution is -2.43. The summed E-state index contributed by atoms with van der Waals surface area (Å²) in [5.41, 5.74) is 0.355. The van der Waals surface area contributed by atoms with Gasteiger partial charge >= 0.3 is 0 Å². The molecule has 0 spiro atoms. The number of hydrogen-bond acceptors (Lipinski definition) is 4. The smallest absolute Gasteiger partial charge is 0.267 e. The number of fused-ring (bicyclic) bond motifs is 1. The molecule has 106 valence electrons. The summed E-state index contributed by atoms with van der Waals surface area (Å²) in [7, 11) is -3.89. The molecular weight excluding hydrogens is 278 g/mol. The van der Waals surface area contributed by atoms with Crippen molar-refractivity contribution in [2.24, 2.45) is 0 Å². The van der Waals surface area contributed by atoms with Crippen LogP contribution in [0.4, 0.5) is 0 Å². The third-order valence-corrected chi connectivity index (χ3v) is 6.14. The minimum atomic E-state index is -3.89. The molecule has 1 aliphatic carbocycles. The maximum atomic E-state index is 12.6. The van der Waals surface area contributed by atoms with Crippen LogP contribution in [0.25, 0.3) is 0 Å². The SMILES string of the molecule is O=C1c2ccccc2C(=O)N1S(=O)(=O)C1CCCCC1. The summed E-state index contributed by atoms with van der Waals surface area (Å²) in [5.74, 6) is -1.42. The Balaban J connectivity index is 2.00. The monoisotopic (exact) mass is 293 g/mol. The predicted molar refractivity (Wildman–Crippen MR) is 72.7 cm³/mol. The number of nitrogens with zero attached hydrogens (tertiary/aromatic N) is 1. The molecule has 5 nitrogen and oxygen atoms in total. The van der Waals surface area contributed by atoms with Crippen LogP contribution >= 0.6 is 0 Å². The molecular formula is C14H15NO4S. The van der Waals surface area contributed by atoms with Crippen molar-refractivity contribution < 1.29 is 18.0 Å². The van der Waals surface area contributed by atoms with Crippen LogP contribution in [0, 0.1) is 0 Å². The second kappa shape index (κ2) is 4.70. The van der Waals surface area contributed by atoms with E-state index in [0.29, 0.717) is 17.1 Å². The average Bonchev–Trinajstić information content (AvgIpc) is 2.73. The van der Waals surface area contributed by atoms with Gasteiger partial charge in [-0.25, -0.2) is 8.42 Å².